The van der Waals surface area contributed by atoms with Gasteiger partial charge in [0.1, 0.15) is 0 Å². The van der Waals surface area contributed by atoms with Gasteiger partial charge in [-0.2, -0.15) is 0 Å². The number of nitrogens with one attached hydrogen (secondary N) is 1. The van der Waals surface area contributed by atoms with Crippen molar-refractivity contribution in [1.82, 2.24) is 10.2 Å². The highest BCUT2D eigenvalue weighted by Gasteiger charge is 2.10. The maximum Gasteiger partial charge on any atom is 0.0441 e. The maximum atomic E-state index is 6.22. The molecule has 0 aromatic heterocycles. The van der Waals surface area contributed by atoms with Crippen LogP contribution in [0.1, 0.15) is 18.1 Å². The molecule has 3 heteroatoms. The summed E-state index contributed by atoms with van der Waals surface area (Å²) in [5, 5.41) is 4.27. The Balaban J connectivity index is 2.01. The van der Waals surface area contributed by atoms with Crippen LogP contribution in [0.4, 0.5) is 0 Å². The van der Waals surface area contributed by atoms with Crippen molar-refractivity contribution in [2.45, 2.75) is 19.9 Å². The second kappa shape index (κ2) is 5.67. The first-order chi connectivity index (χ1) is 7.79. The third-order valence-electron chi connectivity index (χ3n) is 3.11. The first-order valence-electron chi connectivity index (χ1n) is 6.00. The van der Waals surface area contributed by atoms with Gasteiger partial charge in [-0.3, -0.25) is 4.90 Å². The SMILES string of the molecule is CCc1ccc(CN2CCNCC2)cc1Cl. The summed E-state index contributed by atoms with van der Waals surface area (Å²) < 4.78 is 0. The predicted octanol–water partition coefficient (Wildman–Crippen LogP) is 2.31. The van der Waals surface area contributed by atoms with Gasteiger partial charge in [0.2, 0.25) is 0 Å². The average molecular weight is 239 g/mol. The van der Waals surface area contributed by atoms with Crippen LogP contribution in [0, 0.1) is 0 Å². The molecule has 1 N–H and O–H groups in total. The van der Waals surface area contributed by atoms with Gasteiger partial charge in [-0.25, -0.2) is 0 Å². The lowest BCUT2D eigenvalue weighted by atomic mass is 10.1. The van der Waals surface area contributed by atoms with E-state index in [-0.39, 0.29) is 0 Å². The lowest BCUT2D eigenvalue weighted by Gasteiger charge is -2.27. The van der Waals surface area contributed by atoms with Crippen molar-refractivity contribution < 1.29 is 0 Å². The van der Waals surface area contributed by atoms with Gasteiger partial charge in [0.05, 0.1) is 0 Å². The van der Waals surface area contributed by atoms with Gasteiger partial charge in [-0.15, -0.1) is 0 Å². The second-order valence-corrected chi connectivity index (χ2v) is 4.71. The van der Waals surface area contributed by atoms with Crippen molar-refractivity contribution in [3.8, 4) is 0 Å². The molecule has 0 atom stereocenters. The Bertz CT molecular complexity index is 346. The number of rotatable bonds is 3. The molecular formula is C13H19ClN2. The molecule has 0 saturated carbocycles. The van der Waals surface area contributed by atoms with Crippen LogP contribution in [0.3, 0.4) is 0 Å². The number of aryl methyl sites for hydroxylation is 1. The molecule has 1 aliphatic rings. The van der Waals surface area contributed by atoms with Crippen LogP contribution in [0.2, 0.25) is 5.02 Å². The van der Waals surface area contributed by atoms with Crippen LogP contribution >= 0.6 is 11.6 Å². The van der Waals surface area contributed by atoms with Crippen molar-refractivity contribution in [1.29, 1.82) is 0 Å². The van der Waals surface area contributed by atoms with Gasteiger partial charge in [0, 0.05) is 37.7 Å². The summed E-state index contributed by atoms with van der Waals surface area (Å²) in [7, 11) is 0. The van der Waals surface area contributed by atoms with E-state index in [9.17, 15) is 0 Å². The molecule has 1 fully saturated rings. The topological polar surface area (TPSA) is 15.3 Å². The highest BCUT2D eigenvalue weighted by molar-refractivity contribution is 6.31. The zero-order chi connectivity index (χ0) is 11.4. The Morgan fingerprint density at radius 1 is 1.31 bits per heavy atom. The molecule has 1 aromatic carbocycles. The van der Waals surface area contributed by atoms with Gasteiger partial charge >= 0.3 is 0 Å². The van der Waals surface area contributed by atoms with Crippen LogP contribution in [0.15, 0.2) is 18.2 Å². The molecule has 2 rings (SSSR count). The summed E-state index contributed by atoms with van der Waals surface area (Å²) in [6, 6.07) is 6.47. The number of benzene rings is 1. The zero-order valence-corrected chi connectivity index (χ0v) is 10.6. The van der Waals surface area contributed by atoms with Crippen LogP contribution in [0.25, 0.3) is 0 Å². The Morgan fingerprint density at radius 2 is 2.06 bits per heavy atom. The van der Waals surface area contributed by atoms with Crippen LogP contribution < -0.4 is 5.32 Å². The number of piperazine rings is 1. The van der Waals surface area contributed by atoms with E-state index in [1.165, 1.54) is 11.1 Å². The fraction of sp³-hybridized carbons (Fsp3) is 0.538. The smallest absolute Gasteiger partial charge is 0.0441 e. The van der Waals surface area contributed by atoms with E-state index in [0.29, 0.717) is 0 Å². The predicted molar refractivity (Wildman–Crippen MR) is 69.0 cm³/mol. The first-order valence-corrected chi connectivity index (χ1v) is 6.37. The van der Waals surface area contributed by atoms with Gasteiger partial charge in [0.25, 0.3) is 0 Å². The summed E-state index contributed by atoms with van der Waals surface area (Å²) in [6.07, 6.45) is 1.01. The highest BCUT2D eigenvalue weighted by atomic mass is 35.5. The number of nitrogens with zero attached hydrogens (tertiary/aromatic N) is 1. The van der Waals surface area contributed by atoms with Gasteiger partial charge in [0.15, 0.2) is 0 Å². The molecule has 1 heterocycles. The lowest BCUT2D eigenvalue weighted by molar-refractivity contribution is 0.233. The Labute approximate surface area is 103 Å². The molecule has 1 aromatic rings. The molecule has 0 unspecified atom stereocenters. The molecule has 88 valence electrons. The zero-order valence-electron chi connectivity index (χ0n) is 9.80. The quantitative estimate of drug-likeness (QED) is 0.870. The number of halogens is 1. The molecule has 16 heavy (non-hydrogen) atoms. The van der Waals surface area contributed by atoms with E-state index in [1.54, 1.807) is 0 Å². The van der Waals surface area contributed by atoms with Crippen LogP contribution in [0.5, 0.6) is 0 Å². The fourth-order valence-corrected chi connectivity index (χ4v) is 2.44. The Kier molecular flexibility index (Phi) is 4.22. The fourth-order valence-electron chi connectivity index (χ4n) is 2.10. The van der Waals surface area contributed by atoms with Gasteiger partial charge in [-0.05, 0) is 23.6 Å². The standard InChI is InChI=1S/C13H19ClN2/c1-2-12-4-3-11(9-13(12)14)10-16-7-5-15-6-8-16/h3-4,9,15H,2,5-8,10H2,1H3. The minimum absolute atomic E-state index is 0.912. The molecule has 0 spiro atoms. The first kappa shape index (κ1) is 11.9. The Morgan fingerprint density at radius 3 is 2.69 bits per heavy atom. The normalized spacial score (nSPS) is 17.6. The van der Waals surface area contributed by atoms with E-state index in [0.717, 1.165) is 44.2 Å². The largest absolute Gasteiger partial charge is 0.314 e. The molecule has 1 aliphatic heterocycles. The highest BCUT2D eigenvalue weighted by Crippen LogP contribution is 2.19. The number of hydrogen-bond acceptors (Lipinski definition) is 2. The minimum Gasteiger partial charge on any atom is -0.314 e. The third-order valence-corrected chi connectivity index (χ3v) is 3.47. The molecule has 0 bridgehead atoms. The summed E-state index contributed by atoms with van der Waals surface area (Å²) in [4.78, 5) is 2.47. The maximum absolute atomic E-state index is 6.22. The van der Waals surface area contributed by atoms with Crippen LogP contribution in [-0.2, 0) is 13.0 Å². The van der Waals surface area contributed by atoms with Crippen molar-refractivity contribution in [2.24, 2.45) is 0 Å². The molecule has 0 amide bonds. The van der Waals surface area contributed by atoms with Crippen LogP contribution in [-0.4, -0.2) is 31.1 Å². The number of hydrogen-bond donors (Lipinski definition) is 1. The van der Waals surface area contributed by atoms with Gasteiger partial charge in [-0.1, -0.05) is 30.7 Å². The van der Waals surface area contributed by atoms with E-state index in [4.69, 9.17) is 11.6 Å². The van der Waals surface area contributed by atoms with E-state index in [2.05, 4.69) is 35.3 Å². The monoisotopic (exact) mass is 238 g/mol. The minimum atomic E-state index is 0.912. The van der Waals surface area contributed by atoms with E-state index >= 15 is 0 Å². The van der Waals surface area contributed by atoms with Gasteiger partial charge < -0.3 is 5.32 Å². The molecular weight excluding hydrogens is 220 g/mol. The van der Waals surface area contributed by atoms with Crippen molar-refractivity contribution in [2.75, 3.05) is 26.2 Å². The molecule has 2 nitrogen and oxygen atoms in total. The summed E-state index contributed by atoms with van der Waals surface area (Å²) in [5.41, 5.74) is 2.56. The Hall–Kier alpha value is -0.570. The third kappa shape index (κ3) is 2.97. The van der Waals surface area contributed by atoms with Crippen molar-refractivity contribution >= 4 is 11.6 Å². The van der Waals surface area contributed by atoms with E-state index < -0.39 is 0 Å². The average Bonchev–Trinajstić information content (AvgIpc) is 2.31. The molecule has 0 radical (unpaired) electrons. The second-order valence-electron chi connectivity index (χ2n) is 4.31. The van der Waals surface area contributed by atoms with Crippen molar-refractivity contribution in [3.05, 3.63) is 34.3 Å². The van der Waals surface area contributed by atoms with Crippen molar-refractivity contribution in [3.63, 3.8) is 0 Å². The lowest BCUT2D eigenvalue weighted by Crippen LogP contribution is -2.42. The summed E-state index contributed by atoms with van der Waals surface area (Å²) in [5.74, 6) is 0. The summed E-state index contributed by atoms with van der Waals surface area (Å²) >= 11 is 6.22. The van der Waals surface area contributed by atoms with E-state index in [1.807, 2.05) is 0 Å². The molecule has 1 saturated heterocycles. The summed E-state index contributed by atoms with van der Waals surface area (Å²) in [6.45, 7) is 7.62. The molecule has 0 aliphatic carbocycles.